The number of hydrogen-bond acceptors (Lipinski definition) is 3. The second kappa shape index (κ2) is 6.75. The standard InChI is InChI=1S/C20H24N2O3/c1-12(2)25-20(24)17-13(3)18(21-14(17)4)19(23)22-11-7-9-15-8-5-6-10-16(15)22/h5-6,8,10,12,21H,7,9,11H2,1-4H3. The van der Waals surface area contributed by atoms with E-state index in [-0.39, 0.29) is 18.0 Å². The molecule has 1 aliphatic rings. The molecule has 25 heavy (non-hydrogen) atoms. The highest BCUT2D eigenvalue weighted by Gasteiger charge is 2.29. The summed E-state index contributed by atoms with van der Waals surface area (Å²) in [6, 6.07) is 7.98. The van der Waals surface area contributed by atoms with Gasteiger partial charge in [-0.1, -0.05) is 18.2 Å². The molecule has 0 bridgehead atoms. The zero-order valence-electron chi connectivity index (χ0n) is 15.2. The molecule has 0 spiro atoms. The lowest BCUT2D eigenvalue weighted by molar-refractivity contribution is 0.0376. The number of nitrogens with one attached hydrogen (secondary N) is 1. The van der Waals surface area contributed by atoms with Crippen molar-refractivity contribution in [1.29, 1.82) is 0 Å². The summed E-state index contributed by atoms with van der Waals surface area (Å²) in [5, 5.41) is 0. The fourth-order valence-corrected chi connectivity index (χ4v) is 3.42. The largest absolute Gasteiger partial charge is 0.459 e. The van der Waals surface area contributed by atoms with Crippen molar-refractivity contribution in [3.8, 4) is 0 Å². The van der Waals surface area contributed by atoms with Crippen LogP contribution in [0.2, 0.25) is 0 Å². The number of rotatable bonds is 3. The maximum Gasteiger partial charge on any atom is 0.340 e. The number of aromatic amines is 1. The smallest absolute Gasteiger partial charge is 0.340 e. The van der Waals surface area contributed by atoms with Crippen LogP contribution < -0.4 is 4.90 Å². The van der Waals surface area contributed by atoms with Crippen LogP contribution in [-0.4, -0.2) is 29.5 Å². The molecule has 2 heterocycles. The number of ether oxygens (including phenoxy) is 1. The fraction of sp³-hybridized carbons (Fsp3) is 0.400. The molecule has 0 fully saturated rings. The quantitative estimate of drug-likeness (QED) is 0.865. The molecule has 1 aliphatic heterocycles. The van der Waals surface area contributed by atoms with Gasteiger partial charge >= 0.3 is 5.97 Å². The average molecular weight is 340 g/mol. The van der Waals surface area contributed by atoms with E-state index in [9.17, 15) is 9.59 Å². The van der Waals surface area contributed by atoms with Crippen LogP contribution >= 0.6 is 0 Å². The van der Waals surface area contributed by atoms with E-state index < -0.39 is 0 Å². The summed E-state index contributed by atoms with van der Waals surface area (Å²) in [5.74, 6) is -0.490. The molecule has 2 aromatic rings. The molecular formula is C20H24N2O3. The molecule has 0 atom stereocenters. The first-order chi connectivity index (χ1) is 11.9. The van der Waals surface area contributed by atoms with Gasteiger partial charge < -0.3 is 14.6 Å². The number of esters is 1. The van der Waals surface area contributed by atoms with Gasteiger partial charge in [-0.15, -0.1) is 0 Å². The third-order valence-electron chi connectivity index (χ3n) is 4.55. The van der Waals surface area contributed by atoms with Crippen molar-refractivity contribution in [2.45, 2.75) is 46.6 Å². The van der Waals surface area contributed by atoms with Gasteiger partial charge in [0.15, 0.2) is 0 Å². The Morgan fingerprint density at radius 1 is 1.20 bits per heavy atom. The van der Waals surface area contributed by atoms with Crippen molar-refractivity contribution in [2.75, 3.05) is 11.4 Å². The highest BCUT2D eigenvalue weighted by atomic mass is 16.5. The summed E-state index contributed by atoms with van der Waals surface area (Å²) in [6.45, 7) is 7.89. The van der Waals surface area contributed by atoms with Gasteiger partial charge in [0, 0.05) is 17.9 Å². The van der Waals surface area contributed by atoms with Gasteiger partial charge in [0.2, 0.25) is 0 Å². The van der Waals surface area contributed by atoms with Crippen molar-refractivity contribution < 1.29 is 14.3 Å². The molecule has 0 unspecified atom stereocenters. The summed E-state index contributed by atoms with van der Waals surface area (Å²) in [4.78, 5) is 30.4. The van der Waals surface area contributed by atoms with Crippen LogP contribution in [0.3, 0.4) is 0 Å². The number of carbonyl (C=O) groups excluding carboxylic acids is 2. The van der Waals surface area contributed by atoms with Gasteiger partial charge in [-0.05, 0) is 57.7 Å². The summed E-state index contributed by atoms with van der Waals surface area (Å²) in [7, 11) is 0. The van der Waals surface area contributed by atoms with Crippen molar-refractivity contribution >= 4 is 17.6 Å². The molecule has 1 aromatic heterocycles. The minimum absolute atomic E-state index is 0.101. The monoisotopic (exact) mass is 340 g/mol. The van der Waals surface area contributed by atoms with Crippen LogP contribution in [0.5, 0.6) is 0 Å². The molecule has 3 rings (SSSR count). The van der Waals surface area contributed by atoms with E-state index in [0.29, 0.717) is 29.1 Å². The van der Waals surface area contributed by atoms with E-state index in [1.54, 1.807) is 18.7 Å². The summed E-state index contributed by atoms with van der Waals surface area (Å²) < 4.78 is 5.31. The Kier molecular flexibility index (Phi) is 4.66. The lowest BCUT2D eigenvalue weighted by Gasteiger charge is -2.29. The number of hydrogen-bond donors (Lipinski definition) is 1. The Labute approximate surface area is 148 Å². The Balaban J connectivity index is 1.96. The van der Waals surface area contributed by atoms with Crippen molar-refractivity contribution in [3.63, 3.8) is 0 Å². The van der Waals surface area contributed by atoms with Crippen LogP contribution in [0, 0.1) is 13.8 Å². The number of benzene rings is 1. The Bertz CT molecular complexity index is 820. The minimum atomic E-state index is -0.389. The second-order valence-corrected chi connectivity index (χ2v) is 6.77. The van der Waals surface area contributed by atoms with E-state index in [2.05, 4.69) is 11.1 Å². The number of amides is 1. The van der Waals surface area contributed by atoms with E-state index in [4.69, 9.17) is 4.74 Å². The molecule has 5 heteroatoms. The highest BCUT2D eigenvalue weighted by Crippen LogP contribution is 2.29. The van der Waals surface area contributed by atoms with E-state index in [1.807, 2.05) is 32.0 Å². The Morgan fingerprint density at radius 2 is 1.92 bits per heavy atom. The summed E-state index contributed by atoms with van der Waals surface area (Å²) in [6.07, 6.45) is 1.72. The van der Waals surface area contributed by atoms with Gasteiger partial charge in [0.1, 0.15) is 5.69 Å². The van der Waals surface area contributed by atoms with Crippen LogP contribution in [0.25, 0.3) is 0 Å². The number of carbonyl (C=O) groups is 2. The number of fused-ring (bicyclic) bond motifs is 1. The first-order valence-corrected chi connectivity index (χ1v) is 8.70. The van der Waals surface area contributed by atoms with Gasteiger partial charge in [-0.25, -0.2) is 4.79 Å². The topological polar surface area (TPSA) is 62.4 Å². The summed E-state index contributed by atoms with van der Waals surface area (Å²) >= 11 is 0. The molecule has 1 amide bonds. The van der Waals surface area contributed by atoms with Gasteiger partial charge in [-0.2, -0.15) is 0 Å². The van der Waals surface area contributed by atoms with Crippen LogP contribution in [0.15, 0.2) is 24.3 Å². The Morgan fingerprint density at radius 3 is 2.64 bits per heavy atom. The van der Waals surface area contributed by atoms with Gasteiger partial charge in [0.05, 0.1) is 11.7 Å². The van der Waals surface area contributed by atoms with E-state index >= 15 is 0 Å². The number of anilines is 1. The number of aryl methyl sites for hydroxylation is 2. The molecule has 0 aliphatic carbocycles. The van der Waals surface area contributed by atoms with Gasteiger partial charge in [0.25, 0.3) is 5.91 Å². The molecule has 5 nitrogen and oxygen atoms in total. The minimum Gasteiger partial charge on any atom is -0.459 e. The molecule has 132 valence electrons. The van der Waals surface area contributed by atoms with Crippen LogP contribution in [-0.2, 0) is 11.2 Å². The summed E-state index contributed by atoms with van der Waals surface area (Å²) in [5.41, 5.74) is 4.37. The normalized spacial score (nSPS) is 13.7. The van der Waals surface area contributed by atoms with Crippen LogP contribution in [0.1, 0.15) is 57.9 Å². The maximum absolute atomic E-state index is 13.1. The number of H-pyrrole nitrogens is 1. The van der Waals surface area contributed by atoms with E-state index in [0.717, 1.165) is 18.5 Å². The van der Waals surface area contributed by atoms with Crippen molar-refractivity contribution in [1.82, 2.24) is 4.98 Å². The zero-order chi connectivity index (χ0) is 18.1. The predicted molar refractivity (Wildman–Crippen MR) is 97.3 cm³/mol. The third kappa shape index (κ3) is 3.18. The third-order valence-corrected chi connectivity index (χ3v) is 4.55. The lowest BCUT2D eigenvalue weighted by Crippen LogP contribution is -2.36. The molecule has 0 saturated heterocycles. The first kappa shape index (κ1) is 17.3. The van der Waals surface area contributed by atoms with Crippen molar-refractivity contribution in [3.05, 3.63) is 52.3 Å². The molecule has 1 N–H and O–H groups in total. The number of para-hydroxylation sites is 1. The average Bonchev–Trinajstić information content (AvgIpc) is 2.87. The van der Waals surface area contributed by atoms with Crippen LogP contribution in [0.4, 0.5) is 5.69 Å². The fourth-order valence-electron chi connectivity index (χ4n) is 3.42. The predicted octanol–water partition coefficient (Wildman–Crippen LogP) is 3.79. The maximum atomic E-state index is 13.1. The SMILES string of the molecule is Cc1[nH]c(C(=O)N2CCCc3ccccc32)c(C)c1C(=O)OC(C)C. The van der Waals surface area contributed by atoms with E-state index in [1.165, 1.54) is 5.56 Å². The molecule has 0 radical (unpaired) electrons. The number of aromatic nitrogens is 1. The molecular weight excluding hydrogens is 316 g/mol. The lowest BCUT2D eigenvalue weighted by atomic mass is 10.0. The molecule has 1 aromatic carbocycles. The second-order valence-electron chi connectivity index (χ2n) is 6.77. The highest BCUT2D eigenvalue weighted by molar-refractivity contribution is 6.08. The first-order valence-electron chi connectivity index (χ1n) is 8.70. The molecule has 0 saturated carbocycles. The van der Waals surface area contributed by atoms with Crippen molar-refractivity contribution in [2.24, 2.45) is 0 Å². The van der Waals surface area contributed by atoms with Gasteiger partial charge in [-0.3, -0.25) is 4.79 Å². The number of nitrogens with zero attached hydrogens (tertiary/aromatic N) is 1. The Hall–Kier alpha value is -2.56. The zero-order valence-corrected chi connectivity index (χ0v) is 15.2.